The average molecular weight is 405 g/mol. The maximum Gasteiger partial charge on any atom is 0.243 e. The van der Waals surface area contributed by atoms with E-state index >= 15 is 0 Å². The molecule has 2 N–H and O–H groups in total. The SMILES string of the molecule is CCOc1ccccc1NC(=O)CNc1ccc(OCCCc2ccccc2)cc1. The third kappa shape index (κ3) is 6.85. The van der Waals surface area contributed by atoms with Crippen LogP contribution in [-0.4, -0.2) is 25.7 Å². The summed E-state index contributed by atoms with van der Waals surface area (Å²) in [6.45, 7) is 3.30. The van der Waals surface area contributed by atoms with Gasteiger partial charge in [0.05, 0.1) is 25.4 Å². The van der Waals surface area contributed by atoms with Gasteiger partial charge in [0.2, 0.25) is 5.91 Å². The standard InChI is InChI=1S/C25H28N2O3/c1-2-29-24-13-7-6-12-23(24)27-25(28)19-26-21-14-16-22(17-15-21)30-18-8-11-20-9-4-3-5-10-20/h3-7,9-10,12-17,26H,2,8,11,18-19H2,1H3,(H,27,28). The molecular weight excluding hydrogens is 376 g/mol. The van der Waals surface area contributed by atoms with Gasteiger partial charge < -0.3 is 20.1 Å². The number of amides is 1. The smallest absolute Gasteiger partial charge is 0.243 e. The van der Waals surface area contributed by atoms with Crippen LogP contribution in [0.5, 0.6) is 11.5 Å². The maximum atomic E-state index is 12.2. The van der Waals surface area contributed by atoms with Crippen molar-refractivity contribution < 1.29 is 14.3 Å². The lowest BCUT2D eigenvalue weighted by Crippen LogP contribution is -2.22. The molecule has 0 heterocycles. The summed E-state index contributed by atoms with van der Waals surface area (Å²) < 4.78 is 11.3. The molecular formula is C25H28N2O3. The lowest BCUT2D eigenvalue weighted by molar-refractivity contribution is -0.114. The lowest BCUT2D eigenvalue weighted by atomic mass is 10.1. The van der Waals surface area contributed by atoms with E-state index in [2.05, 4.69) is 34.9 Å². The van der Waals surface area contributed by atoms with Gasteiger partial charge in [0.25, 0.3) is 0 Å². The number of para-hydroxylation sites is 2. The molecule has 30 heavy (non-hydrogen) atoms. The van der Waals surface area contributed by atoms with E-state index in [9.17, 15) is 4.79 Å². The zero-order valence-corrected chi connectivity index (χ0v) is 17.3. The number of hydrogen-bond acceptors (Lipinski definition) is 4. The summed E-state index contributed by atoms with van der Waals surface area (Å²) in [4.78, 5) is 12.2. The Kier molecular flexibility index (Phi) is 8.15. The maximum absolute atomic E-state index is 12.2. The number of aryl methyl sites for hydroxylation is 1. The number of rotatable bonds is 11. The van der Waals surface area contributed by atoms with Crippen LogP contribution in [0.25, 0.3) is 0 Å². The minimum atomic E-state index is -0.136. The molecule has 0 atom stereocenters. The number of carbonyl (C=O) groups excluding carboxylic acids is 1. The third-order valence-electron chi connectivity index (χ3n) is 4.49. The van der Waals surface area contributed by atoms with E-state index in [0.29, 0.717) is 24.7 Å². The molecule has 0 bridgehead atoms. The molecule has 0 aromatic heterocycles. The van der Waals surface area contributed by atoms with Crippen LogP contribution in [-0.2, 0) is 11.2 Å². The van der Waals surface area contributed by atoms with Gasteiger partial charge in [-0.25, -0.2) is 0 Å². The Bertz CT molecular complexity index is 911. The molecule has 5 nitrogen and oxygen atoms in total. The Morgan fingerprint density at radius 3 is 2.37 bits per heavy atom. The highest BCUT2D eigenvalue weighted by Crippen LogP contribution is 2.23. The van der Waals surface area contributed by atoms with Crippen molar-refractivity contribution in [3.05, 3.63) is 84.4 Å². The normalized spacial score (nSPS) is 10.3. The molecule has 5 heteroatoms. The van der Waals surface area contributed by atoms with Crippen molar-refractivity contribution in [2.75, 3.05) is 30.4 Å². The van der Waals surface area contributed by atoms with Crippen molar-refractivity contribution >= 4 is 17.3 Å². The van der Waals surface area contributed by atoms with Crippen LogP contribution in [0, 0.1) is 0 Å². The van der Waals surface area contributed by atoms with E-state index in [-0.39, 0.29) is 12.5 Å². The van der Waals surface area contributed by atoms with Gasteiger partial charge >= 0.3 is 0 Å². The molecule has 0 unspecified atom stereocenters. The fraction of sp³-hybridized carbons (Fsp3) is 0.240. The summed E-state index contributed by atoms with van der Waals surface area (Å²) in [5.41, 5.74) is 2.85. The zero-order valence-electron chi connectivity index (χ0n) is 17.3. The van der Waals surface area contributed by atoms with Gasteiger partial charge in [-0.3, -0.25) is 4.79 Å². The Morgan fingerprint density at radius 2 is 1.60 bits per heavy atom. The van der Waals surface area contributed by atoms with Gasteiger partial charge in [-0.05, 0) is 61.7 Å². The highest BCUT2D eigenvalue weighted by Gasteiger charge is 2.07. The van der Waals surface area contributed by atoms with Crippen molar-refractivity contribution in [2.24, 2.45) is 0 Å². The third-order valence-corrected chi connectivity index (χ3v) is 4.49. The second kappa shape index (κ2) is 11.5. The van der Waals surface area contributed by atoms with Crippen molar-refractivity contribution in [3.8, 4) is 11.5 Å². The average Bonchev–Trinajstić information content (AvgIpc) is 2.78. The number of benzene rings is 3. The minimum absolute atomic E-state index is 0.136. The molecule has 0 saturated heterocycles. The summed E-state index contributed by atoms with van der Waals surface area (Å²) in [5, 5.41) is 6.00. The lowest BCUT2D eigenvalue weighted by Gasteiger charge is -2.12. The van der Waals surface area contributed by atoms with Crippen LogP contribution in [0.2, 0.25) is 0 Å². The fourth-order valence-corrected chi connectivity index (χ4v) is 3.01. The molecule has 3 aromatic rings. The summed E-state index contributed by atoms with van der Waals surface area (Å²) in [6.07, 6.45) is 1.97. The molecule has 0 radical (unpaired) electrons. The Balaban J connectivity index is 1.39. The summed E-state index contributed by atoms with van der Waals surface area (Å²) >= 11 is 0. The summed E-state index contributed by atoms with van der Waals surface area (Å²) in [5.74, 6) is 1.36. The van der Waals surface area contributed by atoms with Gasteiger partial charge in [0.15, 0.2) is 0 Å². The highest BCUT2D eigenvalue weighted by atomic mass is 16.5. The van der Waals surface area contributed by atoms with Crippen molar-refractivity contribution in [1.82, 2.24) is 0 Å². The van der Waals surface area contributed by atoms with E-state index < -0.39 is 0 Å². The summed E-state index contributed by atoms with van der Waals surface area (Å²) in [7, 11) is 0. The fourth-order valence-electron chi connectivity index (χ4n) is 3.01. The predicted molar refractivity (Wildman–Crippen MR) is 121 cm³/mol. The second-order valence-corrected chi connectivity index (χ2v) is 6.79. The highest BCUT2D eigenvalue weighted by molar-refractivity contribution is 5.95. The first-order valence-corrected chi connectivity index (χ1v) is 10.3. The number of anilines is 2. The van der Waals surface area contributed by atoms with Crippen LogP contribution in [0.4, 0.5) is 11.4 Å². The quantitative estimate of drug-likeness (QED) is 0.434. The van der Waals surface area contributed by atoms with E-state index in [1.54, 1.807) is 0 Å². The van der Waals surface area contributed by atoms with Gasteiger partial charge in [0, 0.05) is 5.69 Å². The van der Waals surface area contributed by atoms with Crippen LogP contribution in [0.1, 0.15) is 18.9 Å². The van der Waals surface area contributed by atoms with Crippen LogP contribution >= 0.6 is 0 Å². The van der Waals surface area contributed by atoms with Gasteiger partial charge in [-0.2, -0.15) is 0 Å². The van der Waals surface area contributed by atoms with Crippen LogP contribution in [0.15, 0.2) is 78.9 Å². The molecule has 3 rings (SSSR count). The molecule has 3 aromatic carbocycles. The summed E-state index contributed by atoms with van der Waals surface area (Å²) in [6, 6.07) is 25.4. The van der Waals surface area contributed by atoms with E-state index in [0.717, 1.165) is 24.3 Å². The molecule has 1 amide bonds. The largest absolute Gasteiger partial charge is 0.494 e. The Morgan fingerprint density at radius 1 is 0.867 bits per heavy atom. The first-order chi connectivity index (χ1) is 14.7. The molecule has 0 saturated carbocycles. The van der Waals surface area contributed by atoms with Crippen molar-refractivity contribution in [1.29, 1.82) is 0 Å². The number of carbonyl (C=O) groups is 1. The molecule has 0 aliphatic heterocycles. The zero-order chi connectivity index (χ0) is 21.0. The molecule has 0 spiro atoms. The van der Waals surface area contributed by atoms with Crippen LogP contribution in [0.3, 0.4) is 0 Å². The minimum Gasteiger partial charge on any atom is -0.494 e. The van der Waals surface area contributed by atoms with E-state index in [1.807, 2.05) is 61.5 Å². The Labute approximate surface area is 178 Å². The molecule has 156 valence electrons. The number of hydrogen-bond donors (Lipinski definition) is 2. The number of ether oxygens (including phenoxy) is 2. The molecule has 0 fully saturated rings. The molecule has 0 aliphatic rings. The van der Waals surface area contributed by atoms with Gasteiger partial charge in [-0.15, -0.1) is 0 Å². The van der Waals surface area contributed by atoms with Crippen molar-refractivity contribution in [2.45, 2.75) is 19.8 Å². The monoisotopic (exact) mass is 404 g/mol. The number of nitrogens with one attached hydrogen (secondary N) is 2. The van der Waals surface area contributed by atoms with Crippen molar-refractivity contribution in [3.63, 3.8) is 0 Å². The topological polar surface area (TPSA) is 59.6 Å². The first kappa shape index (κ1) is 21.2. The van der Waals surface area contributed by atoms with E-state index in [1.165, 1.54) is 5.56 Å². The molecule has 0 aliphatic carbocycles. The van der Waals surface area contributed by atoms with Crippen LogP contribution < -0.4 is 20.1 Å². The van der Waals surface area contributed by atoms with E-state index in [4.69, 9.17) is 9.47 Å². The predicted octanol–water partition coefficient (Wildman–Crippen LogP) is 5.15. The second-order valence-electron chi connectivity index (χ2n) is 6.79. The first-order valence-electron chi connectivity index (χ1n) is 10.3. The van der Waals surface area contributed by atoms with Gasteiger partial charge in [0.1, 0.15) is 11.5 Å². The van der Waals surface area contributed by atoms with Gasteiger partial charge in [-0.1, -0.05) is 42.5 Å². The Hall–Kier alpha value is -3.47.